The van der Waals surface area contributed by atoms with Crippen LogP contribution in [0.1, 0.15) is 113 Å². The zero-order valence-corrected chi connectivity index (χ0v) is 26.2. The molecule has 4 aliphatic carbocycles. The van der Waals surface area contributed by atoms with Gasteiger partial charge in [0.15, 0.2) is 8.32 Å². The predicted octanol–water partition coefficient (Wildman–Crippen LogP) is 10.2. The molecular weight excluding hydrogens is 440 g/mol. The van der Waals surface area contributed by atoms with E-state index in [1.165, 1.54) is 69.8 Å². The Morgan fingerprint density at radius 2 is 1.66 bits per heavy atom. The lowest BCUT2D eigenvalue weighted by atomic mass is 9.45. The maximum Gasteiger partial charge on any atom is 0.184 e. The molecule has 35 heavy (non-hydrogen) atoms. The highest BCUT2D eigenvalue weighted by atomic mass is 28.4. The summed E-state index contributed by atoms with van der Waals surface area (Å²) in [6, 6.07) is 0. The fourth-order valence-electron chi connectivity index (χ4n) is 9.76. The molecule has 2 heteroatoms. The molecule has 0 spiro atoms. The molecule has 4 rings (SSSR count). The Hall–Kier alpha value is -0.343. The number of rotatable bonds is 7. The molecule has 8 atom stereocenters. The van der Waals surface area contributed by atoms with E-state index in [9.17, 15) is 0 Å². The van der Waals surface area contributed by atoms with E-state index in [1.807, 2.05) is 11.1 Å². The smallest absolute Gasteiger partial charge is 0.184 e. The van der Waals surface area contributed by atoms with Gasteiger partial charge < -0.3 is 4.43 Å². The van der Waals surface area contributed by atoms with Crippen LogP contribution in [0.25, 0.3) is 0 Å². The van der Waals surface area contributed by atoms with E-state index in [2.05, 4.69) is 74.7 Å². The van der Waals surface area contributed by atoms with E-state index in [-0.39, 0.29) is 0 Å². The van der Waals surface area contributed by atoms with Gasteiger partial charge in [-0.1, -0.05) is 71.8 Å². The largest absolute Gasteiger partial charge is 0.414 e. The van der Waals surface area contributed by atoms with Crippen LogP contribution in [-0.2, 0) is 4.43 Å². The summed E-state index contributed by atoms with van der Waals surface area (Å²) in [7, 11) is -1.50. The van der Waals surface area contributed by atoms with Gasteiger partial charge in [-0.2, -0.15) is 0 Å². The molecule has 0 aromatic rings. The highest BCUT2D eigenvalue weighted by Gasteiger charge is 2.62. The summed E-state index contributed by atoms with van der Waals surface area (Å²) in [5.41, 5.74) is 6.60. The van der Waals surface area contributed by atoms with Crippen molar-refractivity contribution in [3.8, 4) is 0 Å². The molecule has 0 aliphatic heterocycles. The maximum absolute atomic E-state index is 6.74. The monoisotopic (exact) mass is 498 g/mol. The van der Waals surface area contributed by atoms with Crippen molar-refractivity contribution in [2.24, 2.45) is 45.8 Å². The van der Waals surface area contributed by atoms with Gasteiger partial charge in [-0.25, -0.2) is 0 Å². The molecule has 2 fully saturated rings. The molecule has 0 radical (unpaired) electrons. The summed E-state index contributed by atoms with van der Waals surface area (Å²) in [5, 5.41) is 0. The van der Waals surface area contributed by atoms with Crippen molar-refractivity contribution in [1.82, 2.24) is 0 Å². The minimum atomic E-state index is -1.50. The van der Waals surface area contributed by atoms with Gasteiger partial charge in [-0.05, 0) is 130 Å². The fraction of sp³-hybridized carbons (Fsp3) is 0.879. The standard InChI is InChI=1S/C33H58OSi/c1-22(2)23(3)12-13-24(4)26-16-20-33(8)29-15-14-27-25(5)30(34-35(9,10)11)18-19-31(27,6)28(29)17-21-32(26,33)7/h22,24-27,30H,3,12-21H2,1-2,4-11H3/t24-,25+,26-,27+,30?,31+,32-,33+/m1/s1. The first-order valence-electron chi connectivity index (χ1n) is 15.2. The van der Waals surface area contributed by atoms with E-state index < -0.39 is 8.32 Å². The highest BCUT2D eigenvalue weighted by molar-refractivity contribution is 6.69. The molecule has 1 nitrogen and oxygen atoms in total. The van der Waals surface area contributed by atoms with Crippen molar-refractivity contribution in [3.63, 3.8) is 0 Å². The number of hydrogen-bond donors (Lipinski definition) is 0. The summed E-state index contributed by atoms with van der Waals surface area (Å²) >= 11 is 0. The molecule has 4 aliphatic rings. The maximum atomic E-state index is 6.74. The van der Waals surface area contributed by atoms with Crippen LogP contribution in [0, 0.1) is 45.8 Å². The minimum Gasteiger partial charge on any atom is -0.414 e. The summed E-state index contributed by atoms with van der Waals surface area (Å²) in [6.07, 6.45) is 14.0. The van der Waals surface area contributed by atoms with Crippen LogP contribution >= 0.6 is 0 Å². The van der Waals surface area contributed by atoms with E-state index in [4.69, 9.17) is 4.43 Å². The van der Waals surface area contributed by atoms with Crippen LogP contribution < -0.4 is 0 Å². The molecule has 0 N–H and O–H groups in total. The molecule has 0 amide bonds. The van der Waals surface area contributed by atoms with Gasteiger partial charge in [0.25, 0.3) is 0 Å². The lowest BCUT2D eigenvalue weighted by molar-refractivity contribution is -0.0344. The normalized spacial score (nSPS) is 42.5. The lowest BCUT2D eigenvalue weighted by Crippen LogP contribution is -2.53. The third-order valence-electron chi connectivity index (χ3n) is 12.3. The third-order valence-corrected chi connectivity index (χ3v) is 13.3. The molecule has 1 unspecified atom stereocenters. The Kier molecular flexibility index (Phi) is 7.47. The molecule has 0 heterocycles. The molecular formula is C33H58OSi. The van der Waals surface area contributed by atoms with Crippen LogP contribution in [-0.4, -0.2) is 14.4 Å². The Morgan fingerprint density at radius 1 is 0.971 bits per heavy atom. The van der Waals surface area contributed by atoms with E-state index in [1.54, 1.807) is 0 Å². The molecule has 2 saturated carbocycles. The van der Waals surface area contributed by atoms with Gasteiger partial charge >= 0.3 is 0 Å². The van der Waals surface area contributed by atoms with E-state index >= 15 is 0 Å². The molecule has 0 saturated heterocycles. The van der Waals surface area contributed by atoms with Gasteiger partial charge in [0.05, 0.1) is 0 Å². The second-order valence-corrected chi connectivity index (χ2v) is 19.9. The number of hydrogen-bond acceptors (Lipinski definition) is 1. The first-order valence-corrected chi connectivity index (χ1v) is 18.6. The SMILES string of the molecule is C=C(CC[C@@H](C)[C@H]1CC[C@@]2(C)C3=C(CC[C@]12C)[C@@]1(C)CCC(O[Si](C)(C)C)[C@@H](C)[C@@H]1CC3)C(C)C. The molecule has 0 aromatic carbocycles. The van der Waals surface area contributed by atoms with Crippen molar-refractivity contribution in [1.29, 1.82) is 0 Å². The van der Waals surface area contributed by atoms with Crippen LogP contribution in [0.15, 0.2) is 23.3 Å². The molecule has 0 aromatic heterocycles. The topological polar surface area (TPSA) is 9.23 Å². The quantitative estimate of drug-likeness (QED) is 0.250. The van der Waals surface area contributed by atoms with Crippen LogP contribution in [0.3, 0.4) is 0 Å². The van der Waals surface area contributed by atoms with Gasteiger partial charge in [-0.15, -0.1) is 0 Å². The summed E-state index contributed by atoms with van der Waals surface area (Å²) < 4.78 is 6.74. The Balaban J connectivity index is 1.57. The Labute approximate surface area is 220 Å². The van der Waals surface area contributed by atoms with Gasteiger partial charge in [-0.3, -0.25) is 0 Å². The average molecular weight is 499 g/mol. The van der Waals surface area contributed by atoms with Crippen LogP contribution in [0.4, 0.5) is 0 Å². The average Bonchev–Trinajstić information content (AvgIpc) is 3.04. The van der Waals surface area contributed by atoms with Crippen molar-refractivity contribution in [2.45, 2.75) is 138 Å². The van der Waals surface area contributed by atoms with Gasteiger partial charge in [0.1, 0.15) is 0 Å². The van der Waals surface area contributed by atoms with Gasteiger partial charge in [0, 0.05) is 6.10 Å². The first-order chi connectivity index (χ1) is 16.1. The zero-order valence-electron chi connectivity index (χ0n) is 25.2. The third kappa shape index (κ3) is 4.60. The minimum absolute atomic E-state index is 0.412. The fourth-order valence-corrected chi connectivity index (χ4v) is 11.0. The summed E-state index contributed by atoms with van der Waals surface area (Å²) in [6.45, 7) is 29.3. The van der Waals surface area contributed by atoms with Crippen molar-refractivity contribution in [3.05, 3.63) is 23.3 Å². The van der Waals surface area contributed by atoms with E-state index in [0.717, 1.165) is 17.8 Å². The highest BCUT2D eigenvalue weighted by Crippen LogP contribution is 2.71. The van der Waals surface area contributed by atoms with Crippen molar-refractivity contribution < 1.29 is 4.43 Å². The Morgan fingerprint density at radius 3 is 2.29 bits per heavy atom. The van der Waals surface area contributed by atoms with Crippen molar-refractivity contribution in [2.75, 3.05) is 0 Å². The number of allylic oxidation sites excluding steroid dienone is 3. The van der Waals surface area contributed by atoms with Gasteiger partial charge in [0.2, 0.25) is 0 Å². The van der Waals surface area contributed by atoms with E-state index in [0.29, 0.717) is 34.2 Å². The Bertz CT molecular complexity index is 848. The predicted molar refractivity (Wildman–Crippen MR) is 155 cm³/mol. The van der Waals surface area contributed by atoms with Crippen LogP contribution in [0.2, 0.25) is 19.6 Å². The van der Waals surface area contributed by atoms with Crippen molar-refractivity contribution >= 4 is 8.32 Å². The number of fused-ring (bicyclic) bond motifs is 4. The molecule has 200 valence electrons. The second kappa shape index (κ2) is 9.44. The molecule has 0 bridgehead atoms. The first kappa shape index (κ1) is 27.7. The summed E-state index contributed by atoms with van der Waals surface area (Å²) in [5.74, 6) is 3.80. The lowest BCUT2D eigenvalue weighted by Gasteiger charge is -2.60. The second-order valence-electron chi connectivity index (χ2n) is 15.4. The zero-order chi connectivity index (χ0) is 26.0. The summed E-state index contributed by atoms with van der Waals surface area (Å²) in [4.78, 5) is 0. The van der Waals surface area contributed by atoms with Crippen LogP contribution in [0.5, 0.6) is 0 Å².